The summed E-state index contributed by atoms with van der Waals surface area (Å²) in [5, 5.41) is 12.0. The predicted octanol–water partition coefficient (Wildman–Crippen LogP) is 1.72. The smallest absolute Gasteiger partial charge is 0.338 e. The molecule has 5 rings (SSSR count). The molecule has 8 heteroatoms. The average molecular weight is 396 g/mol. The largest absolute Gasteiger partial charge is 0.493 e. The maximum Gasteiger partial charge on any atom is 0.338 e. The van der Waals surface area contributed by atoms with Gasteiger partial charge in [0.1, 0.15) is 12.2 Å². The summed E-state index contributed by atoms with van der Waals surface area (Å²) in [6.07, 6.45) is 0. The molecule has 0 radical (unpaired) electrons. The van der Waals surface area contributed by atoms with Crippen molar-refractivity contribution >= 4 is 11.8 Å². The lowest BCUT2D eigenvalue weighted by atomic mass is 9.71. The lowest BCUT2D eigenvalue weighted by molar-refractivity contribution is -0.137. The first-order valence-corrected chi connectivity index (χ1v) is 8.83. The van der Waals surface area contributed by atoms with Crippen molar-refractivity contribution in [1.29, 1.82) is 0 Å². The first-order chi connectivity index (χ1) is 14.0. The van der Waals surface area contributed by atoms with Crippen LogP contribution in [0.5, 0.6) is 23.0 Å². The molecule has 0 spiro atoms. The number of cyclic esters (lactones) is 1. The number of carbonyl (C=O) groups is 2. The van der Waals surface area contributed by atoms with Crippen molar-refractivity contribution in [3.63, 3.8) is 0 Å². The van der Waals surface area contributed by atoms with Crippen LogP contribution in [-0.2, 0) is 15.1 Å². The summed E-state index contributed by atoms with van der Waals surface area (Å²) in [4.78, 5) is 25.6. The molecule has 29 heavy (non-hydrogen) atoms. The number of aliphatic hydroxyl groups is 1. The number of rotatable bonds is 3. The van der Waals surface area contributed by atoms with Gasteiger partial charge in [-0.3, -0.25) is 4.79 Å². The van der Waals surface area contributed by atoms with Gasteiger partial charge in [0.05, 0.1) is 25.4 Å². The molecule has 2 aromatic carbocycles. The van der Waals surface area contributed by atoms with Crippen molar-refractivity contribution < 1.29 is 38.4 Å². The first kappa shape index (κ1) is 17.6. The number of carbonyl (C=O) groups excluding carboxylic acids is 2. The van der Waals surface area contributed by atoms with Crippen molar-refractivity contribution in [3.05, 3.63) is 58.2 Å². The van der Waals surface area contributed by atoms with Crippen molar-refractivity contribution in [2.75, 3.05) is 27.6 Å². The quantitative estimate of drug-likeness (QED) is 0.783. The monoisotopic (exact) mass is 396 g/mol. The van der Waals surface area contributed by atoms with E-state index in [2.05, 4.69) is 0 Å². The fraction of sp³-hybridized carbons (Fsp3) is 0.238. The molecule has 148 valence electrons. The number of esters is 1. The highest BCUT2D eigenvalue weighted by Gasteiger charge is 2.52. The Hall–Kier alpha value is -3.52. The van der Waals surface area contributed by atoms with Gasteiger partial charge in [0.2, 0.25) is 6.79 Å². The Morgan fingerprint density at radius 1 is 0.966 bits per heavy atom. The lowest BCUT2D eigenvalue weighted by Gasteiger charge is -2.34. The van der Waals surface area contributed by atoms with Gasteiger partial charge in [-0.15, -0.1) is 0 Å². The van der Waals surface area contributed by atoms with E-state index in [0.29, 0.717) is 28.6 Å². The Bertz CT molecular complexity index is 1120. The van der Waals surface area contributed by atoms with Gasteiger partial charge >= 0.3 is 5.97 Å². The van der Waals surface area contributed by atoms with E-state index in [9.17, 15) is 14.7 Å². The van der Waals surface area contributed by atoms with Gasteiger partial charge in [0.25, 0.3) is 0 Å². The normalized spacial score (nSPS) is 21.6. The molecular weight excluding hydrogens is 380 g/mol. The third-order valence-corrected chi connectivity index (χ3v) is 5.44. The topological polar surface area (TPSA) is 101 Å². The molecule has 1 aliphatic carbocycles. The number of hydrogen-bond acceptors (Lipinski definition) is 8. The van der Waals surface area contributed by atoms with Crippen LogP contribution < -0.4 is 18.9 Å². The molecule has 2 aliphatic heterocycles. The Balaban J connectivity index is 1.83. The van der Waals surface area contributed by atoms with E-state index >= 15 is 0 Å². The van der Waals surface area contributed by atoms with E-state index in [1.54, 1.807) is 18.2 Å². The number of benzene rings is 2. The molecule has 3 aliphatic rings. The molecule has 0 bridgehead atoms. The minimum atomic E-state index is -1.94. The predicted molar refractivity (Wildman–Crippen MR) is 97.4 cm³/mol. The van der Waals surface area contributed by atoms with Gasteiger partial charge in [-0.1, -0.05) is 6.07 Å². The minimum absolute atomic E-state index is 0.0628. The Morgan fingerprint density at radius 3 is 2.45 bits per heavy atom. The van der Waals surface area contributed by atoms with Crippen LogP contribution in [0.2, 0.25) is 0 Å². The van der Waals surface area contributed by atoms with E-state index < -0.39 is 17.4 Å². The summed E-state index contributed by atoms with van der Waals surface area (Å²) < 4.78 is 26.5. The molecule has 1 atom stereocenters. The highest BCUT2D eigenvalue weighted by molar-refractivity contribution is 6.19. The summed E-state index contributed by atoms with van der Waals surface area (Å²) >= 11 is 0. The van der Waals surface area contributed by atoms with E-state index in [4.69, 9.17) is 23.7 Å². The molecule has 0 saturated carbocycles. The van der Waals surface area contributed by atoms with Crippen LogP contribution in [0.25, 0.3) is 0 Å². The summed E-state index contributed by atoms with van der Waals surface area (Å²) in [6, 6.07) is 7.87. The van der Waals surface area contributed by atoms with Crippen LogP contribution in [-0.4, -0.2) is 44.5 Å². The van der Waals surface area contributed by atoms with Crippen molar-refractivity contribution in [2.45, 2.75) is 5.60 Å². The molecule has 0 fully saturated rings. The van der Waals surface area contributed by atoms with Crippen LogP contribution in [0.1, 0.15) is 21.5 Å². The Labute approximate surface area is 165 Å². The average Bonchev–Trinajstić information content (AvgIpc) is 3.37. The highest BCUT2D eigenvalue weighted by Crippen LogP contribution is 2.50. The molecule has 1 unspecified atom stereocenters. The fourth-order valence-corrected chi connectivity index (χ4v) is 4.04. The fourth-order valence-electron chi connectivity index (χ4n) is 4.04. The second-order valence-corrected chi connectivity index (χ2v) is 6.79. The first-order valence-electron chi connectivity index (χ1n) is 8.83. The number of ketones is 1. The van der Waals surface area contributed by atoms with Gasteiger partial charge in [-0.25, -0.2) is 4.79 Å². The second kappa shape index (κ2) is 5.99. The molecular formula is C21H16O8. The second-order valence-electron chi connectivity index (χ2n) is 6.79. The number of methoxy groups -OCH3 is 2. The molecule has 0 aromatic heterocycles. The van der Waals surface area contributed by atoms with Gasteiger partial charge in [0, 0.05) is 11.1 Å². The molecule has 2 heterocycles. The molecule has 0 amide bonds. The SMILES string of the molecule is COc1cc2c(cc1OC)C(O)(c1ccc3c(c1)OCO3)C1=C(COC1=O)C2=O. The zero-order chi connectivity index (χ0) is 20.3. The molecule has 0 saturated heterocycles. The van der Waals surface area contributed by atoms with Gasteiger partial charge in [-0.2, -0.15) is 0 Å². The van der Waals surface area contributed by atoms with E-state index in [1.165, 1.54) is 26.4 Å². The zero-order valence-electron chi connectivity index (χ0n) is 15.6. The van der Waals surface area contributed by atoms with Gasteiger partial charge in [-0.05, 0) is 29.8 Å². The lowest BCUT2D eigenvalue weighted by Crippen LogP contribution is -2.38. The summed E-state index contributed by atoms with van der Waals surface area (Å²) in [5.41, 5.74) is -1.16. The van der Waals surface area contributed by atoms with E-state index in [1.807, 2.05) is 0 Å². The van der Waals surface area contributed by atoms with Crippen LogP contribution in [0.4, 0.5) is 0 Å². The van der Waals surface area contributed by atoms with Crippen LogP contribution in [0.3, 0.4) is 0 Å². The summed E-state index contributed by atoms with van der Waals surface area (Å²) in [5.74, 6) is 0.472. The van der Waals surface area contributed by atoms with Crippen LogP contribution in [0, 0.1) is 0 Å². The molecule has 8 nitrogen and oxygen atoms in total. The Morgan fingerprint density at radius 2 is 1.69 bits per heavy atom. The number of ether oxygens (including phenoxy) is 5. The zero-order valence-corrected chi connectivity index (χ0v) is 15.6. The summed E-state index contributed by atoms with van der Waals surface area (Å²) in [7, 11) is 2.90. The highest BCUT2D eigenvalue weighted by atomic mass is 16.7. The minimum Gasteiger partial charge on any atom is -0.493 e. The standard InChI is InChI=1S/C21H16O8/c1-25-15-6-11-13(7-16(15)26-2)21(24,18-12(19(11)22)8-27-20(18)23)10-3-4-14-17(5-10)29-9-28-14/h3-7,24H,8-9H2,1-2H3. The third kappa shape index (κ3) is 2.23. The van der Waals surface area contributed by atoms with Crippen LogP contribution in [0.15, 0.2) is 41.5 Å². The summed E-state index contributed by atoms with van der Waals surface area (Å²) in [6.45, 7) is -0.138. The Kier molecular flexibility index (Phi) is 3.63. The maximum atomic E-state index is 13.1. The maximum absolute atomic E-state index is 13.1. The van der Waals surface area contributed by atoms with E-state index in [0.717, 1.165) is 0 Å². The molecule has 2 aromatic rings. The van der Waals surface area contributed by atoms with Crippen molar-refractivity contribution in [3.8, 4) is 23.0 Å². The van der Waals surface area contributed by atoms with Gasteiger partial charge < -0.3 is 28.8 Å². The number of Topliss-reactive ketones (excluding diaryl/α,β-unsaturated/α-hetero) is 1. The van der Waals surface area contributed by atoms with E-state index in [-0.39, 0.29) is 35.7 Å². The molecule has 1 N–H and O–H groups in total. The van der Waals surface area contributed by atoms with Crippen LogP contribution >= 0.6 is 0 Å². The van der Waals surface area contributed by atoms with Crippen molar-refractivity contribution in [2.24, 2.45) is 0 Å². The third-order valence-electron chi connectivity index (χ3n) is 5.44. The van der Waals surface area contributed by atoms with Crippen molar-refractivity contribution in [1.82, 2.24) is 0 Å². The number of fused-ring (bicyclic) bond motifs is 2. The number of hydrogen-bond donors (Lipinski definition) is 1. The van der Waals surface area contributed by atoms with Gasteiger partial charge in [0.15, 0.2) is 28.8 Å².